The normalized spacial score (nSPS) is 11.5. The standard InChI is InChI=1S/C24H23N5O2/c1-6-9-16(15-27(2)3)17-12-18-19(13-21(17)31-5)26-14-20-23(18)29(24(30)28(20)4)22-10-7-8-11-25-22/h7-8,10-15H,1-5H3/b16-15+. The van der Waals surface area contributed by atoms with Gasteiger partial charge in [-0.15, -0.1) is 5.92 Å². The number of aryl methyl sites for hydroxylation is 1. The highest BCUT2D eigenvalue weighted by Gasteiger charge is 2.19. The zero-order valence-electron chi connectivity index (χ0n) is 18.2. The molecule has 0 amide bonds. The van der Waals surface area contributed by atoms with Crippen LogP contribution < -0.4 is 10.4 Å². The molecule has 3 aromatic heterocycles. The zero-order chi connectivity index (χ0) is 22.1. The summed E-state index contributed by atoms with van der Waals surface area (Å²) in [7, 11) is 7.26. The number of methoxy groups -OCH3 is 1. The molecule has 4 rings (SSSR count). The van der Waals surface area contributed by atoms with Crippen molar-refractivity contribution in [3.05, 3.63) is 65.0 Å². The van der Waals surface area contributed by atoms with Gasteiger partial charge in [-0.3, -0.25) is 9.55 Å². The Labute approximate surface area is 180 Å². The second kappa shape index (κ2) is 8.00. The highest BCUT2D eigenvalue weighted by molar-refractivity contribution is 6.05. The van der Waals surface area contributed by atoms with Crippen molar-refractivity contribution in [1.82, 2.24) is 24.0 Å². The molecule has 0 bridgehead atoms. The lowest BCUT2D eigenvalue weighted by Gasteiger charge is -2.13. The molecule has 0 saturated carbocycles. The molecule has 0 atom stereocenters. The van der Waals surface area contributed by atoms with Gasteiger partial charge in [0.05, 0.1) is 35.4 Å². The first kappa shape index (κ1) is 20.2. The van der Waals surface area contributed by atoms with Crippen molar-refractivity contribution >= 4 is 27.5 Å². The Balaban J connectivity index is 2.16. The predicted molar refractivity (Wildman–Crippen MR) is 123 cm³/mol. The van der Waals surface area contributed by atoms with Crippen LogP contribution >= 0.6 is 0 Å². The lowest BCUT2D eigenvalue weighted by Crippen LogP contribution is -2.21. The summed E-state index contributed by atoms with van der Waals surface area (Å²) in [6.07, 6.45) is 5.33. The van der Waals surface area contributed by atoms with E-state index in [0.29, 0.717) is 11.6 Å². The maximum Gasteiger partial charge on any atom is 0.334 e. The molecule has 0 radical (unpaired) electrons. The van der Waals surface area contributed by atoms with Gasteiger partial charge in [-0.05, 0) is 25.1 Å². The molecule has 31 heavy (non-hydrogen) atoms. The number of rotatable bonds is 4. The van der Waals surface area contributed by atoms with Gasteiger partial charge >= 0.3 is 5.69 Å². The van der Waals surface area contributed by atoms with Crippen LogP contribution in [0.2, 0.25) is 0 Å². The number of hydrogen-bond donors (Lipinski definition) is 0. The van der Waals surface area contributed by atoms with Crippen molar-refractivity contribution in [1.29, 1.82) is 0 Å². The topological polar surface area (TPSA) is 65.2 Å². The van der Waals surface area contributed by atoms with Gasteiger partial charge in [-0.2, -0.15) is 0 Å². The molecule has 0 aliphatic rings. The summed E-state index contributed by atoms with van der Waals surface area (Å²) in [4.78, 5) is 24.1. The van der Waals surface area contributed by atoms with E-state index in [1.54, 1.807) is 42.6 Å². The van der Waals surface area contributed by atoms with Gasteiger partial charge in [0, 0.05) is 50.6 Å². The predicted octanol–water partition coefficient (Wildman–Crippen LogP) is 3.21. The lowest BCUT2D eigenvalue weighted by molar-refractivity contribution is 0.414. The first-order chi connectivity index (χ1) is 15.0. The van der Waals surface area contributed by atoms with E-state index in [4.69, 9.17) is 4.74 Å². The molecule has 0 aliphatic carbocycles. The summed E-state index contributed by atoms with van der Waals surface area (Å²) in [6, 6.07) is 9.37. The van der Waals surface area contributed by atoms with Gasteiger partial charge in [0.2, 0.25) is 0 Å². The molecule has 1 aromatic carbocycles. The minimum atomic E-state index is -0.183. The second-order valence-corrected chi connectivity index (χ2v) is 7.31. The van der Waals surface area contributed by atoms with Crippen molar-refractivity contribution in [2.24, 2.45) is 7.05 Å². The third-order valence-electron chi connectivity index (χ3n) is 5.02. The maximum absolute atomic E-state index is 13.1. The summed E-state index contributed by atoms with van der Waals surface area (Å²) < 4.78 is 8.87. The number of nitrogens with zero attached hydrogens (tertiary/aromatic N) is 5. The Kier molecular flexibility index (Phi) is 5.22. The first-order valence-electron chi connectivity index (χ1n) is 9.77. The number of pyridine rings is 2. The van der Waals surface area contributed by atoms with Gasteiger partial charge in [-0.25, -0.2) is 14.3 Å². The molecule has 0 fully saturated rings. The fraction of sp³-hybridized carbons (Fsp3) is 0.208. The number of fused-ring (bicyclic) bond motifs is 3. The molecule has 0 spiro atoms. The van der Waals surface area contributed by atoms with Crippen molar-refractivity contribution in [2.75, 3.05) is 21.2 Å². The van der Waals surface area contributed by atoms with Crippen LogP contribution in [0.15, 0.2) is 53.7 Å². The van der Waals surface area contributed by atoms with E-state index < -0.39 is 0 Å². The van der Waals surface area contributed by atoms with E-state index in [1.807, 2.05) is 55.5 Å². The summed E-state index contributed by atoms with van der Waals surface area (Å²) >= 11 is 0. The molecular weight excluding hydrogens is 390 g/mol. The Bertz CT molecular complexity index is 1430. The number of imidazole rings is 1. The van der Waals surface area contributed by atoms with E-state index in [2.05, 4.69) is 21.8 Å². The lowest BCUT2D eigenvalue weighted by atomic mass is 10.0. The van der Waals surface area contributed by atoms with E-state index in [-0.39, 0.29) is 5.69 Å². The highest BCUT2D eigenvalue weighted by atomic mass is 16.5. The zero-order valence-corrected chi connectivity index (χ0v) is 18.2. The van der Waals surface area contributed by atoms with E-state index >= 15 is 0 Å². The number of aromatic nitrogens is 4. The van der Waals surface area contributed by atoms with Crippen molar-refractivity contribution in [2.45, 2.75) is 6.92 Å². The maximum atomic E-state index is 13.1. The summed E-state index contributed by atoms with van der Waals surface area (Å²) in [5, 5.41) is 0.819. The van der Waals surface area contributed by atoms with Gasteiger partial charge < -0.3 is 9.64 Å². The molecule has 156 valence electrons. The van der Waals surface area contributed by atoms with Crippen molar-refractivity contribution in [3.8, 4) is 23.4 Å². The van der Waals surface area contributed by atoms with E-state index in [0.717, 1.165) is 33.1 Å². The Morgan fingerprint density at radius 3 is 2.68 bits per heavy atom. The molecule has 7 nitrogen and oxygen atoms in total. The van der Waals surface area contributed by atoms with E-state index in [1.165, 1.54) is 0 Å². The van der Waals surface area contributed by atoms with Crippen LogP contribution in [0.4, 0.5) is 0 Å². The van der Waals surface area contributed by atoms with Crippen LogP contribution in [0.1, 0.15) is 12.5 Å². The summed E-state index contributed by atoms with van der Waals surface area (Å²) in [6.45, 7) is 1.80. The third-order valence-corrected chi connectivity index (χ3v) is 5.02. The number of allylic oxidation sites excluding steroid dienone is 1. The molecule has 4 aromatic rings. The molecule has 0 N–H and O–H groups in total. The molecule has 0 unspecified atom stereocenters. The SMILES string of the molecule is CC#C/C(=C\N(C)C)c1cc2c(cc1OC)ncc1c2n(-c2ccccn2)c(=O)n1C. The molecule has 3 heterocycles. The highest BCUT2D eigenvalue weighted by Crippen LogP contribution is 2.34. The fourth-order valence-corrected chi connectivity index (χ4v) is 3.66. The van der Waals surface area contributed by atoms with Crippen LogP contribution in [0.5, 0.6) is 5.75 Å². The van der Waals surface area contributed by atoms with Gasteiger partial charge in [0.1, 0.15) is 11.6 Å². The van der Waals surface area contributed by atoms with Crippen molar-refractivity contribution < 1.29 is 4.74 Å². The fourth-order valence-electron chi connectivity index (χ4n) is 3.66. The van der Waals surface area contributed by atoms with Crippen LogP contribution in [0.25, 0.3) is 33.3 Å². The molecular formula is C24H23N5O2. The summed E-state index contributed by atoms with van der Waals surface area (Å²) in [5.74, 6) is 7.36. The molecule has 0 aliphatic heterocycles. The third kappa shape index (κ3) is 3.42. The Morgan fingerprint density at radius 1 is 1.23 bits per heavy atom. The first-order valence-corrected chi connectivity index (χ1v) is 9.77. The average molecular weight is 413 g/mol. The molecule has 0 saturated heterocycles. The number of benzene rings is 1. The monoisotopic (exact) mass is 413 g/mol. The van der Waals surface area contributed by atoms with Gasteiger partial charge in [0.25, 0.3) is 0 Å². The summed E-state index contributed by atoms with van der Waals surface area (Å²) in [5.41, 5.74) is 3.64. The van der Waals surface area contributed by atoms with Crippen LogP contribution in [0.3, 0.4) is 0 Å². The number of ether oxygens (including phenoxy) is 1. The van der Waals surface area contributed by atoms with Crippen LogP contribution in [0, 0.1) is 11.8 Å². The van der Waals surface area contributed by atoms with Crippen LogP contribution in [-0.2, 0) is 7.05 Å². The molecule has 7 heteroatoms. The van der Waals surface area contributed by atoms with Crippen molar-refractivity contribution in [3.63, 3.8) is 0 Å². The van der Waals surface area contributed by atoms with Gasteiger partial charge in [0.15, 0.2) is 0 Å². The Morgan fingerprint density at radius 2 is 2.03 bits per heavy atom. The second-order valence-electron chi connectivity index (χ2n) is 7.31. The quantitative estimate of drug-likeness (QED) is 0.481. The number of hydrogen-bond acceptors (Lipinski definition) is 5. The van der Waals surface area contributed by atoms with Crippen LogP contribution in [-0.4, -0.2) is 45.2 Å². The largest absolute Gasteiger partial charge is 0.496 e. The minimum Gasteiger partial charge on any atom is -0.496 e. The van der Waals surface area contributed by atoms with E-state index in [9.17, 15) is 4.79 Å². The smallest absolute Gasteiger partial charge is 0.334 e. The average Bonchev–Trinajstić information content (AvgIpc) is 3.03. The minimum absolute atomic E-state index is 0.183. The van der Waals surface area contributed by atoms with Gasteiger partial charge in [-0.1, -0.05) is 12.0 Å². The Hall–Kier alpha value is -4.05.